The number of thioether (sulfide) groups is 1. The summed E-state index contributed by atoms with van der Waals surface area (Å²) in [5, 5.41) is 16.1. The number of likely N-dealkylation sites (tertiary alicyclic amines) is 1. The normalized spacial score (nSPS) is 31.5. The zero-order chi connectivity index (χ0) is 26.4. The van der Waals surface area contributed by atoms with Crippen molar-refractivity contribution < 1.29 is 19.5 Å². The molecule has 1 aromatic carbocycles. The lowest BCUT2D eigenvalue weighted by Crippen LogP contribution is -2.56. The van der Waals surface area contributed by atoms with Crippen LogP contribution < -0.4 is 15.5 Å². The first-order valence-electron chi connectivity index (χ1n) is 13.1. The van der Waals surface area contributed by atoms with E-state index in [1.807, 2.05) is 38.1 Å². The maximum absolute atomic E-state index is 14.0. The number of rotatable bonds is 9. The molecule has 2 bridgehead atoms. The van der Waals surface area contributed by atoms with Gasteiger partial charge in [-0.05, 0) is 63.8 Å². The number of carbonyl (C=O) groups excluding carboxylic acids is 3. The number of nitrogens with one attached hydrogen (secondary N) is 2. The highest BCUT2D eigenvalue weighted by Gasteiger charge is 2.77. The summed E-state index contributed by atoms with van der Waals surface area (Å²) in [7, 11) is 1.60. The lowest BCUT2D eigenvalue weighted by Gasteiger charge is -2.38. The zero-order valence-electron chi connectivity index (χ0n) is 22.2. The summed E-state index contributed by atoms with van der Waals surface area (Å²) in [6.07, 6.45) is 1.45. The molecule has 198 valence electrons. The molecule has 36 heavy (non-hydrogen) atoms. The highest BCUT2D eigenvalue weighted by Crippen LogP contribution is 2.71. The highest BCUT2D eigenvalue weighted by atomic mass is 32.2. The first kappa shape index (κ1) is 26.8. The van der Waals surface area contributed by atoms with Crippen LogP contribution >= 0.6 is 11.8 Å². The minimum Gasteiger partial charge on any atom is -0.394 e. The molecule has 4 rings (SSSR count). The van der Waals surface area contributed by atoms with Crippen LogP contribution in [0.3, 0.4) is 0 Å². The van der Waals surface area contributed by atoms with Crippen molar-refractivity contribution in [3.8, 4) is 0 Å². The van der Waals surface area contributed by atoms with Crippen LogP contribution in [0.1, 0.15) is 47.5 Å². The number of aliphatic hydroxyl groups is 1. The largest absolute Gasteiger partial charge is 0.394 e. The second-order valence-electron chi connectivity index (χ2n) is 10.8. The monoisotopic (exact) mass is 516 g/mol. The standard InChI is InChI=1S/C27H40N4O4S/c1-7-30(8-2)18-11-9-17(10-12-18)29-24(34)22-27-14-13-26(5,36-27)20(23(33)28-6)21(27)25(35)31(22)19(15-32)16(3)4/h9-12,16,19-22,32H,7-8,13-15H2,1-6H3,(H,28,33)(H,29,34)/t19-,20+,21-,22?,26-,27?/m0/s1. The Kier molecular flexibility index (Phi) is 7.36. The molecule has 3 saturated heterocycles. The van der Waals surface area contributed by atoms with Gasteiger partial charge in [0.1, 0.15) is 6.04 Å². The van der Waals surface area contributed by atoms with E-state index in [-0.39, 0.29) is 30.2 Å². The second kappa shape index (κ2) is 9.89. The van der Waals surface area contributed by atoms with Gasteiger partial charge in [0.15, 0.2) is 0 Å². The Hall–Kier alpha value is -2.26. The molecule has 6 atom stereocenters. The fourth-order valence-electron chi connectivity index (χ4n) is 6.75. The minimum absolute atomic E-state index is 0.0472. The van der Waals surface area contributed by atoms with Gasteiger partial charge < -0.3 is 25.5 Å². The number of carbonyl (C=O) groups is 3. The third-order valence-electron chi connectivity index (χ3n) is 8.57. The number of hydrogen-bond acceptors (Lipinski definition) is 6. The van der Waals surface area contributed by atoms with Gasteiger partial charge in [0.25, 0.3) is 0 Å². The Morgan fingerprint density at radius 1 is 1.17 bits per heavy atom. The summed E-state index contributed by atoms with van der Waals surface area (Å²) in [6.45, 7) is 11.7. The van der Waals surface area contributed by atoms with E-state index in [1.54, 1.807) is 23.7 Å². The maximum Gasteiger partial charge on any atom is 0.248 e. The predicted octanol–water partition coefficient (Wildman–Crippen LogP) is 2.72. The zero-order valence-corrected chi connectivity index (χ0v) is 23.0. The Labute approximate surface area is 218 Å². The van der Waals surface area contributed by atoms with Gasteiger partial charge in [0.05, 0.1) is 29.2 Å². The molecular weight excluding hydrogens is 476 g/mol. The fourth-order valence-corrected chi connectivity index (χ4v) is 9.09. The summed E-state index contributed by atoms with van der Waals surface area (Å²) < 4.78 is -1.10. The molecule has 1 spiro atoms. The first-order valence-corrected chi connectivity index (χ1v) is 13.9. The van der Waals surface area contributed by atoms with Crippen molar-refractivity contribution in [1.82, 2.24) is 10.2 Å². The smallest absolute Gasteiger partial charge is 0.248 e. The first-order chi connectivity index (χ1) is 17.1. The summed E-state index contributed by atoms with van der Waals surface area (Å²) >= 11 is 1.64. The topological polar surface area (TPSA) is 102 Å². The van der Waals surface area contributed by atoms with Crippen molar-refractivity contribution >= 4 is 40.9 Å². The van der Waals surface area contributed by atoms with Crippen molar-refractivity contribution in [2.45, 2.75) is 69.0 Å². The highest BCUT2D eigenvalue weighted by molar-refractivity contribution is 8.02. The van der Waals surface area contributed by atoms with E-state index in [4.69, 9.17) is 0 Å². The van der Waals surface area contributed by atoms with E-state index in [2.05, 4.69) is 36.3 Å². The molecule has 0 aliphatic carbocycles. The van der Waals surface area contributed by atoms with Gasteiger partial charge in [-0.25, -0.2) is 0 Å². The van der Waals surface area contributed by atoms with E-state index in [0.29, 0.717) is 12.1 Å². The average Bonchev–Trinajstić information content (AvgIpc) is 3.42. The van der Waals surface area contributed by atoms with Crippen molar-refractivity contribution in [1.29, 1.82) is 0 Å². The number of fused-ring (bicyclic) bond motifs is 1. The van der Waals surface area contributed by atoms with E-state index >= 15 is 0 Å². The molecule has 2 unspecified atom stereocenters. The molecule has 1 aromatic rings. The fraction of sp³-hybridized carbons (Fsp3) is 0.667. The van der Waals surface area contributed by atoms with Crippen molar-refractivity contribution in [2.75, 3.05) is 37.0 Å². The molecule has 3 fully saturated rings. The van der Waals surface area contributed by atoms with E-state index in [9.17, 15) is 19.5 Å². The van der Waals surface area contributed by atoms with Crippen LogP contribution in [0.4, 0.5) is 11.4 Å². The Bertz CT molecular complexity index is 1010. The van der Waals surface area contributed by atoms with Crippen LogP contribution in [-0.4, -0.2) is 76.0 Å². The lowest BCUT2D eigenvalue weighted by molar-refractivity contribution is -0.143. The number of amides is 3. The maximum atomic E-state index is 14.0. The Balaban J connectivity index is 1.71. The van der Waals surface area contributed by atoms with Crippen LogP contribution in [0, 0.1) is 17.8 Å². The summed E-state index contributed by atoms with van der Waals surface area (Å²) in [5.74, 6) is -1.74. The Morgan fingerprint density at radius 3 is 2.33 bits per heavy atom. The van der Waals surface area contributed by atoms with Crippen LogP contribution in [0.2, 0.25) is 0 Å². The van der Waals surface area contributed by atoms with Gasteiger partial charge in [0, 0.05) is 36.3 Å². The molecule has 3 amide bonds. The van der Waals surface area contributed by atoms with Crippen molar-refractivity contribution in [3.63, 3.8) is 0 Å². The summed E-state index contributed by atoms with van der Waals surface area (Å²) in [4.78, 5) is 44.9. The lowest BCUT2D eigenvalue weighted by atomic mass is 9.66. The number of anilines is 2. The molecule has 3 N–H and O–H groups in total. The third kappa shape index (κ3) is 3.99. The van der Waals surface area contributed by atoms with Gasteiger partial charge in [-0.1, -0.05) is 13.8 Å². The number of nitrogens with zero attached hydrogens (tertiary/aromatic N) is 2. The van der Waals surface area contributed by atoms with Crippen LogP contribution in [0.5, 0.6) is 0 Å². The summed E-state index contributed by atoms with van der Waals surface area (Å²) in [5.41, 5.74) is 1.75. The van der Waals surface area contributed by atoms with E-state index < -0.39 is 33.4 Å². The van der Waals surface area contributed by atoms with Crippen LogP contribution in [0.25, 0.3) is 0 Å². The number of hydrogen-bond donors (Lipinski definition) is 3. The molecule has 9 heteroatoms. The van der Waals surface area contributed by atoms with E-state index in [1.165, 1.54) is 0 Å². The molecule has 0 aromatic heterocycles. The molecule has 8 nitrogen and oxygen atoms in total. The van der Waals surface area contributed by atoms with Crippen molar-refractivity contribution in [3.05, 3.63) is 24.3 Å². The van der Waals surface area contributed by atoms with Gasteiger partial charge in [0.2, 0.25) is 17.7 Å². The minimum atomic E-state index is -0.765. The number of benzene rings is 1. The predicted molar refractivity (Wildman–Crippen MR) is 144 cm³/mol. The third-order valence-corrected chi connectivity index (χ3v) is 10.6. The van der Waals surface area contributed by atoms with Gasteiger partial charge in [-0.3, -0.25) is 14.4 Å². The molecule has 0 saturated carbocycles. The molecule has 3 heterocycles. The van der Waals surface area contributed by atoms with Crippen LogP contribution in [-0.2, 0) is 14.4 Å². The number of aliphatic hydroxyl groups excluding tert-OH is 1. The van der Waals surface area contributed by atoms with Gasteiger partial charge in [-0.2, -0.15) is 0 Å². The van der Waals surface area contributed by atoms with Gasteiger partial charge in [-0.15, -0.1) is 11.8 Å². The second-order valence-corrected chi connectivity index (χ2v) is 12.7. The SMILES string of the molecule is CCN(CC)c1ccc(NC(=O)C2N([C@@H](CO)C(C)C)C(=O)[C@@H]3[C@H](C(=O)NC)[C@]4(C)CCC23S4)cc1. The average molecular weight is 517 g/mol. The molecule has 3 aliphatic rings. The van der Waals surface area contributed by atoms with Crippen molar-refractivity contribution in [2.24, 2.45) is 17.8 Å². The molecular formula is C27H40N4O4S. The Morgan fingerprint density at radius 2 is 1.81 bits per heavy atom. The summed E-state index contributed by atoms with van der Waals surface area (Å²) in [6, 6.07) is 6.49. The van der Waals surface area contributed by atoms with Crippen LogP contribution in [0.15, 0.2) is 24.3 Å². The molecule has 0 radical (unpaired) electrons. The quantitative estimate of drug-likeness (QED) is 0.467. The van der Waals surface area contributed by atoms with Gasteiger partial charge >= 0.3 is 0 Å². The molecule has 3 aliphatic heterocycles. The van der Waals surface area contributed by atoms with E-state index in [0.717, 1.165) is 25.2 Å².